The van der Waals surface area contributed by atoms with Gasteiger partial charge in [-0.1, -0.05) is 20.8 Å². The van der Waals surface area contributed by atoms with Crippen molar-refractivity contribution < 1.29 is 0 Å². The third kappa shape index (κ3) is 2.69. The van der Waals surface area contributed by atoms with Crippen LogP contribution in [0, 0.1) is 0 Å². The van der Waals surface area contributed by atoms with E-state index < -0.39 is 0 Å². The number of nitrogens with two attached hydrogens (primary N) is 1. The van der Waals surface area contributed by atoms with Gasteiger partial charge in [0.05, 0.1) is 16.7 Å². The van der Waals surface area contributed by atoms with Crippen molar-refractivity contribution in [1.29, 1.82) is 0 Å². The van der Waals surface area contributed by atoms with Crippen LogP contribution in [0.1, 0.15) is 56.3 Å². The smallest absolute Gasteiger partial charge is 0.0954 e. The SMILES string of the molecule is CCCN1CC[C@@H](N)[C@@H]1c1csc(C(C)C)n1. The second-order valence-electron chi connectivity index (χ2n) is 5.20. The molecule has 0 amide bonds. The Bertz CT molecular complexity index is 359. The lowest BCUT2D eigenvalue weighted by molar-refractivity contribution is 0.244. The largest absolute Gasteiger partial charge is 0.326 e. The molecular formula is C13H23N3S. The van der Waals surface area contributed by atoms with Gasteiger partial charge in [-0.2, -0.15) is 0 Å². The van der Waals surface area contributed by atoms with Crippen LogP contribution < -0.4 is 5.73 Å². The summed E-state index contributed by atoms with van der Waals surface area (Å²) < 4.78 is 0. The molecule has 0 aliphatic carbocycles. The van der Waals surface area contributed by atoms with Gasteiger partial charge in [0.15, 0.2) is 0 Å². The molecule has 1 saturated heterocycles. The molecule has 3 nitrogen and oxygen atoms in total. The number of hydrogen-bond donors (Lipinski definition) is 1. The minimum atomic E-state index is 0.253. The Balaban J connectivity index is 2.17. The van der Waals surface area contributed by atoms with Crippen molar-refractivity contribution in [2.75, 3.05) is 13.1 Å². The highest BCUT2D eigenvalue weighted by molar-refractivity contribution is 7.09. The molecule has 1 aromatic rings. The lowest BCUT2D eigenvalue weighted by atomic mass is 10.1. The zero-order chi connectivity index (χ0) is 12.4. The highest BCUT2D eigenvalue weighted by atomic mass is 32.1. The molecular weight excluding hydrogens is 230 g/mol. The molecule has 0 saturated carbocycles. The van der Waals surface area contributed by atoms with Gasteiger partial charge in [0.25, 0.3) is 0 Å². The van der Waals surface area contributed by atoms with Crippen LogP contribution in [0.4, 0.5) is 0 Å². The van der Waals surface area contributed by atoms with Gasteiger partial charge in [-0.3, -0.25) is 4.90 Å². The maximum Gasteiger partial charge on any atom is 0.0954 e. The number of nitrogens with zero attached hydrogens (tertiary/aromatic N) is 2. The highest BCUT2D eigenvalue weighted by Gasteiger charge is 2.33. The Hall–Kier alpha value is -0.450. The summed E-state index contributed by atoms with van der Waals surface area (Å²) >= 11 is 1.77. The first-order valence-corrected chi connectivity index (χ1v) is 7.46. The van der Waals surface area contributed by atoms with Gasteiger partial charge in [-0.25, -0.2) is 4.98 Å². The second-order valence-corrected chi connectivity index (χ2v) is 6.09. The number of thiazole rings is 1. The third-order valence-corrected chi connectivity index (χ3v) is 4.56. The summed E-state index contributed by atoms with van der Waals surface area (Å²) in [4.78, 5) is 7.26. The van der Waals surface area contributed by atoms with Crippen LogP contribution in [0.5, 0.6) is 0 Å². The molecule has 1 fully saturated rings. The first-order valence-electron chi connectivity index (χ1n) is 6.58. The van der Waals surface area contributed by atoms with E-state index in [1.54, 1.807) is 11.3 Å². The van der Waals surface area contributed by atoms with Crippen molar-refractivity contribution in [2.45, 2.75) is 51.6 Å². The summed E-state index contributed by atoms with van der Waals surface area (Å²) in [6.07, 6.45) is 2.28. The summed E-state index contributed by atoms with van der Waals surface area (Å²) in [7, 11) is 0. The van der Waals surface area contributed by atoms with Gasteiger partial charge >= 0.3 is 0 Å². The Morgan fingerprint density at radius 1 is 1.59 bits per heavy atom. The Labute approximate surface area is 108 Å². The van der Waals surface area contributed by atoms with Gasteiger partial charge in [0.2, 0.25) is 0 Å². The van der Waals surface area contributed by atoms with Gasteiger partial charge < -0.3 is 5.73 Å². The zero-order valence-electron chi connectivity index (χ0n) is 11.0. The summed E-state index contributed by atoms with van der Waals surface area (Å²) in [5.74, 6) is 0.519. The van der Waals surface area contributed by atoms with Crippen LogP contribution in [0.3, 0.4) is 0 Å². The van der Waals surface area contributed by atoms with E-state index in [4.69, 9.17) is 10.7 Å². The first kappa shape index (κ1) is 13.0. The molecule has 1 aliphatic rings. The standard InChI is InChI=1S/C13H23N3S/c1-4-6-16-7-5-10(14)12(16)11-8-17-13(15-11)9(2)3/h8-10,12H,4-7,14H2,1-3H3/t10-,12-/m1/s1. The van der Waals surface area contributed by atoms with Crippen molar-refractivity contribution in [3.05, 3.63) is 16.1 Å². The van der Waals surface area contributed by atoms with E-state index >= 15 is 0 Å². The minimum absolute atomic E-state index is 0.253. The Morgan fingerprint density at radius 3 is 2.94 bits per heavy atom. The number of aromatic nitrogens is 1. The lowest BCUT2D eigenvalue weighted by Gasteiger charge is -2.24. The van der Waals surface area contributed by atoms with Gasteiger partial charge in [-0.15, -0.1) is 11.3 Å². The molecule has 1 aromatic heterocycles. The zero-order valence-corrected chi connectivity index (χ0v) is 11.8. The highest BCUT2D eigenvalue weighted by Crippen LogP contribution is 2.33. The minimum Gasteiger partial charge on any atom is -0.326 e. The van der Waals surface area contributed by atoms with Gasteiger partial charge in [-0.05, 0) is 19.4 Å². The van der Waals surface area contributed by atoms with Gasteiger partial charge in [0, 0.05) is 23.9 Å². The second kappa shape index (κ2) is 5.46. The number of likely N-dealkylation sites (tertiary alicyclic amines) is 1. The topological polar surface area (TPSA) is 42.1 Å². The Kier molecular flexibility index (Phi) is 4.17. The molecule has 4 heteroatoms. The van der Waals surface area contributed by atoms with E-state index in [0.717, 1.165) is 19.5 Å². The van der Waals surface area contributed by atoms with E-state index in [1.165, 1.54) is 17.1 Å². The van der Waals surface area contributed by atoms with Crippen molar-refractivity contribution in [1.82, 2.24) is 9.88 Å². The fourth-order valence-corrected chi connectivity index (χ4v) is 3.39. The Morgan fingerprint density at radius 2 is 2.35 bits per heavy atom. The molecule has 0 bridgehead atoms. The van der Waals surface area contributed by atoms with Crippen LogP contribution in [0.15, 0.2) is 5.38 Å². The van der Waals surface area contributed by atoms with E-state index in [-0.39, 0.29) is 6.04 Å². The van der Waals surface area contributed by atoms with Crippen molar-refractivity contribution >= 4 is 11.3 Å². The van der Waals surface area contributed by atoms with Gasteiger partial charge in [0.1, 0.15) is 0 Å². The molecule has 2 heterocycles. The van der Waals surface area contributed by atoms with Crippen LogP contribution in [0.25, 0.3) is 0 Å². The predicted molar refractivity (Wildman–Crippen MR) is 73.4 cm³/mol. The molecule has 0 aromatic carbocycles. The molecule has 2 N–H and O–H groups in total. The normalized spacial score (nSPS) is 25.9. The van der Waals surface area contributed by atoms with Crippen molar-refractivity contribution in [3.8, 4) is 0 Å². The lowest BCUT2D eigenvalue weighted by Crippen LogP contribution is -2.32. The van der Waals surface area contributed by atoms with Crippen LogP contribution >= 0.6 is 11.3 Å². The molecule has 2 atom stereocenters. The summed E-state index contributed by atoms with van der Waals surface area (Å²) in [5, 5.41) is 3.43. The van der Waals surface area contributed by atoms with E-state index in [0.29, 0.717) is 12.0 Å². The maximum absolute atomic E-state index is 6.24. The molecule has 0 unspecified atom stereocenters. The monoisotopic (exact) mass is 253 g/mol. The third-order valence-electron chi connectivity index (χ3n) is 3.40. The molecule has 96 valence electrons. The van der Waals surface area contributed by atoms with Crippen LogP contribution in [0.2, 0.25) is 0 Å². The molecule has 17 heavy (non-hydrogen) atoms. The summed E-state index contributed by atoms with van der Waals surface area (Å²) in [5.41, 5.74) is 7.43. The first-order chi connectivity index (χ1) is 8.13. The van der Waals surface area contributed by atoms with Crippen LogP contribution in [-0.2, 0) is 0 Å². The van der Waals surface area contributed by atoms with E-state index in [1.807, 2.05) is 0 Å². The predicted octanol–water partition coefficient (Wildman–Crippen LogP) is 2.75. The molecule has 1 aliphatic heterocycles. The maximum atomic E-state index is 6.24. The fourth-order valence-electron chi connectivity index (χ4n) is 2.53. The average Bonchev–Trinajstić information content (AvgIpc) is 2.86. The number of rotatable bonds is 4. The van der Waals surface area contributed by atoms with Crippen molar-refractivity contribution in [2.24, 2.45) is 5.73 Å². The van der Waals surface area contributed by atoms with Crippen molar-refractivity contribution in [3.63, 3.8) is 0 Å². The number of hydrogen-bond acceptors (Lipinski definition) is 4. The molecule has 2 rings (SSSR count). The van der Waals surface area contributed by atoms with E-state index in [9.17, 15) is 0 Å². The molecule has 0 spiro atoms. The quantitative estimate of drug-likeness (QED) is 0.897. The molecule has 0 radical (unpaired) electrons. The fraction of sp³-hybridized carbons (Fsp3) is 0.769. The average molecular weight is 253 g/mol. The van der Waals surface area contributed by atoms with Crippen LogP contribution in [-0.4, -0.2) is 29.0 Å². The summed E-state index contributed by atoms with van der Waals surface area (Å²) in [6.45, 7) is 8.87. The van der Waals surface area contributed by atoms with E-state index in [2.05, 4.69) is 31.1 Å². The summed E-state index contributed by atoms with van der Waals surface area (Å²) in [6, 6.07) is 0.599.